The Bertz CT molecular complexity index is 475. The van der Waals surface area contributed by atoms with Gasteiger partial charge in [-0.15, -0.1) is 0 Å². The lowest BCUT2D eigenvalue weighted by molar-refractivity contribution is -0.134. The van der Waals surface area contributed by atoms with Crippen molar-refractivity contribution >= 4 is 11.6 Å². The molecule has 1 aromatic carbocycles. The van der Waals surface area contributed by atoms with Crippen LogP contribution < -0.4 is 0 Å². The van der Waals surface area contributed by atoms with E-state index in [4.69, 9.17) is 0 Å². The number of hydrazone groups is 1. The second kappa shape index (κ2) is 5.55. The number of rotatable bonds is 2. The van der Waals surface area contributed by atoms with Crippen LogP contribution in [0.25, 0.3) is 0 Å². The molecule has 0 N–H and O–H groups in total. The monoisotopic (exact) mass is 256 g/mol. The van der Waals surface area contributed by atoms with Gasteiger partial charge < -0.3 is 0 Å². The maximum Gasteiger partial charge on any atom is 0.243 e. The number of amides is 1. The van der Waals surface area contributed by atoms with Gasteiger partial charge >= 0.3 is 0 Å². The Kier molecular flexibility index (Phi) is 3.62. The fraction of sp³-hybridized carbons (Fsp3) is 0.500. The molecule has 1 aliphatic heterocycles. The van der Waals surface area contributed by atoms with E-state index in [-0.39, 0.29) is 5.91 Å². The molecule has 1 heterocycles. The van der Waals surface area contributed by atoms with Gasteiger partial charge in [-0.2, -0.15) is 5.10 Å². The minimum Gasteiger partial charge on any atom is -0.273 e. The molecule has 3 nitrogen and oxygen atoms in total. The van der Waals surface area contributed by atoms with Gasteiger partial charge in [-0.05, 0) is 18.4 Å². The molecular weight excluding hydrogens is 236 g/mol. The van der Waals surface area contributed by atoms with Gasteiger partial charge in [0.1, 0.15) is 0 Å². The molecule has 0 aromatic heterocycles. The van der Waals surface area contributed by atoms with Crippen molar-refractivity contribution in [1.82, 2.24) is 5.01 Å². The highest BCUT2D eigenvalue weighted by Crippen LogP contribution is 2.26. The van der Waals surface area contributed by atoms with Crippen molar-refractivity contribution in [3.8, 4) is 0 Å². The zero-order chi connectivity index (χ0) is 13.1. The average Bonchev–Trinajstić information content (AvgIpc) is 2.49. The molecule has 1 amide bonds. The Morgan fingerprint density at radius 1 is 1.00 bits per heavy atom. The summed E-state index contributed by atoms with van der Waals surface area (Å²) in [7, 11) is 0. The molecule has 1 aromatic rings. The van der Waals surface area contributed by atoms with Crippen molar-refractivity contribution in [2.45, 2.75) is 51.0 Å². The molecule has 0 bridgehead atoms. The fourth-order valence-corrected chi connectivity index (χ4v) is 3.02. The van der Waals surface area contributed by atoms with Crippen LogP contribution in [0.4, 0.5) is 0 Å². The quantitative estimate of drug-likeness (QED) is 0.798. The summed E-state index contributed by atoms with van der Waals surface area (Å²) in [5.41, 5.74) is 2.21. The summed E-state index contributed by atoms with van der Waals surface area (Å²) in [6, 6.07) is 10.6. The van der Waals surface area contributed by atoms with Crippen molar-refractivity contribution in [3.63, 3.8) is 0 Å². The number of carbonyl (C=O) groups excluding carboxylic acids is 1. The molecular formula is C16H20N2O. The second-order valence-electron chi connectivity index (χ2n) is 5.44. The molecule has 1 saturated carbocycles. The number of nitrogens with zero attached hydrogens (tertiary/aromatic N) is 2. The molecule has 19 heavy (non-hydrogen) atoms. The summed E-state index contributed by atoms with van der Waals surface area (Å²) >= 11 is 0. The highest BCUT2D eigenvalue weighted by atomic mass is 16.2. The summed E-state index contributed by atoms with van der Waals surface area (Å²) in [5, 5.41) is 6.44. The Morgan fingerprint density at radius 3 is 2.47 bits per heavy atom. The third-order valence-corrected chi connectivity index (χ3v) is 4.09. The van der Waals surface area contributed by atoms with E-state index in [9.17, 15) is 4.79 Å². The highest BCUT2D eigenvalue weighted by Gasteiger charge is 2.28. The average molecular weight is 256 g/mol. The molecule has 2 aliphatic rings. The van der Waals surface area contributed by atoms with E-state index in [1.807, 2.05) is 18.2 Å². The second-order valence-corrected chi connectivity index (χ2v) is 5.44. The van der Waals surface area contributed by atoms with Crippen molar-refractivity contribution in [3.05, 3.63) is 35.9 Å². The lowest BCUT2D eigenvalue weighted by atomic mass is 9.94. The van der Waals surface area contributed by atoms with Gasteiger partial charge in [-0.25, -0.2) is 5.01 Å². The van der Waals surface area contributed by atoms with Crippen molar-refractivity contribution in [2.24, 2.45) is 5.10 Å². The molecule has 3 heteroatoms. The molecule has 3 rings (SSSR count). The first-order chi connectivity index (χ1) is 9.34. The van der Waals surface area contributed by atoms with Crippen LogP contribution in [0.3, 0.4) is 0 Å². The predicted molar refractivity (Wildman–Crippen MR) is 75.9 cm³/mol. The summed E-state index contributed by atoms with van der Waals surface area (Å²) in [5.74, 6) is 0.201. The van der Waals surface area contributed by atoms with E-state index in [2.05, 4.69) is 17.2 Å². The van der Waals surface area contributed by atoms with Gasteiger partial charge in [-0.3, -0.25) is 4.79 Å². The van der Waals surface area contributed by atoms with E-state index in [1.165, 1.54) is 19.3 Å². The smallest absolute Gasteiger partial charge is 0.243 e. The lowest BCUT2D eigenvalue weighted by Crippen LogP contribution is -2.40. The number of benzene rings is 1. The molecule has 1 fully saturated rings. The van der Waals surface area contributed by atoms with Crippen LogP contribution in [0.1, 0.15) is 50.5 Å². The Morgan fingerprint density at radius 2 is 1.74 bits per heavy atom. The lowest BCUT2D eigenvalue weighted by Gasteiger charge is -2.33. The third-order valence-electron chi connectivity index (χ3n) is 4.09. The Hall–Kier alpha value is -1.64. The summed E-state index contributed by atoms with van der Waals surface area (Å²) in [6.45, 7) is 0. The minimum atomic E-state index is 0.201. The van der Waals surface area contributed by atoms with Crippen LogP contribution in [0.15, 0.2) is 35.4 Å². The Labute approximate surface area is 114 Å². The normalized spacial score (nSPS) is 21.4. The summed E-state index contributed by atoms with van der Waals surface area (Å²) in [6.07, 6.45) is 7.34. The zero-order valence-corrected chi connectivity index (χ0v) is 11.2. The zero-order valence-electron chi connectivity index (χ0n) is 11.2. The largest absolute Gasteiger partial charge is 0.273 e. The summed E-state index contributed by atoms with van der Waals surface area (Å²) in [4.78, 5) is 12.1. The van der Waals surface area contributed by atoms with Gasteiger partial charge in [0.2, 0.25) is 5.91 Å². The van der Waals surface area contributed by atoms with Crippen LogP contribution >= 0.6 is 0 Å². The molecule has 0 spiro atoms. The van der Waals surface area contributed by atoms with Crippen LogP contribution in [-0.2, 0) is 4.79 Å². The van der Waals surface area contributed by atoms with Gasteiger partial charge in [0, 0.05) is 12.8 Å². The first-order valence-electron chi connectivity index (χ1n) is 7.29. The molecule has 0 saturated heterocycles. The van der Waals surface area contributed by atoms with Crippen molar-refractivity contribution < 1.29 is 4.79 Å². The third kappa shape index (κ3) is 2.70. The molecule has 0 radical (unpaired) electrons. The number of hydrogen-bond donors (Lipinski definition) is 0. The van der Waals surface area contributed by atoms with Gasteiger partial charge in [0.05, 0.1) is 11.8 Å². The predicted octanol–water partition coefficient (Wildman–Crippen LogP) is 3.35. The number of carbonyl (C=O) groups is 1. The summed E-state index contributed by atoms with van der Waals surface area (Å²) < 4.78 is 0. The SMILES string of the molecule is O=C1CCC(c2ccccc2)=NN1C1CCCCC1. The first-order valence-corrected chi connectivity index (χ1v) is 7.29. The maximum atomic E-state index is 12.1. The fourth-order valence-electron chi connectivity index (χ4n) is 3.02. The van der Waals surface area contributed by atoms with E-state index in [1.54, 1.807) is 5.01 Å². The van der Waals surface area contributed by atoms with Crippen molar-refractivity contribution in [2.75, 3.05) is 0 Å². The van der Waals surface area contributed by atoms with Gasteiger partial charge in [0.25, 0.3) is 0 Å². The van der Waals surface area contributed by atoms with Crippen molar-refractivity contribution in [1.29, 1.82) is 0 Å². The molecule has 0 unspecified atom stereocenters. The van der Waals surface area contributed by atoms with E-state index >= 15 is 0 Å². The van der Waals surface area contributed by atoms with E-state index in [0.29, 0.717) is 12.5 Å². The topological polar surface area (TPSA) is 32.7 Å². The first kappa shape index (κ1) is 12.4. The molecule has 0 atom stereocenters. The molecule has 100 valence electrons. The van der Waals surface area contributed by atoms with E-state index in [0.717, 1.165) is 30.5 Å². The van der Waals surface area contributed by atoms with Crippen LogP contribution in [-0.4, -0.2) is 22.7 Å². The van der Waals surface area contributed by atoms with Gasteiger partial charge in [-0.1, -0.05) is 49.6 Å². The highest BCUT2D eigenvalue weighted by molar-refractivity contribution is 6.04. The van der Waals surface area contributed by atoms with Crippen LogP contribution in [0.5, 0.6) is 0 Å². The standard InChI is InChI=1S/C16H20N2O/c19-16-12-11-15(13-7-3-1-4-8-13)17-18(16)14-9-5-2-6-10-14/h1,3-4,7-8,14H,2,5-6,9-12H2. The molecule has 1 aliphatic carbocycles. The van der Waals surface area contributed by atoms with Crippen LogP contribution in [0, 0.1) is 0 Å². The Balaban J connectivity index is 1.84. The maximum absolute atomic E-state index is 12.1. The van der Waals surface area contributed by atoms with E-state index < -0.39 is 0 Å². The number of hydrogen-bond acceptors (Lipinski definition) is 2. The van der Waals surface area contributed by atoms with Crippen LogP contribution in [0.2, 0.25) is 0 Å². The minimum absolute atomic E-state index is 0.201. The van der Waals surface area contributed by atoms with Gasteiger partial charge in [0.15, 0.2) is 0 Å².